The van der Waals surface area contributed by atoms with Crippen molar-refractivity contribution in [3.8, 4) is 0 Å². The predicted octanol–water partition coefficient (Wildman–Crippen LogP) is 3.55. The van der Waals surface area contributed by atoms with Crippen LogP contribution in [0.2, 0.25) is 0 Å². The van der Waals surface area contributed by atoms with Crippen LogP contribution < -0.4 is 0 Å². The minimum absolute atomic E-state index is 0.164. The molecule has 3 rings (SSSR count). The number of halogens is 1. The van der Waals surface area contributed by atoms with Gasteiger partial charge in [0.2, 0.25) is 0 Å². The van der Waals surface area contributed by atoms with Crippen LogP contribution in [0, 0.1) is 11.7 Å². The number of rotatable bonds is 3. The predicted molar refractivity (Wildman–Crippen MR) is 89.9 cm³/mol. The number of carbonyl (C=O) groups excluding carboxylic acids is 1. The molecule has 3 nitrogen and oxygen atoms in total. The Labute approximate surface area is 138 Å². The molecule has 1 aliphatic carbocycles. The van der Waals surface area contributed by atoms with E-state index in [-0.39, 0.29) is 11.5 Å². The van der Waals surface area contributed by atoms with Crippen molar-refractivity contribution in [1.29, 1.82) is 0 Å². The molecule has 0 bridgehead atoms. The van der Waals surface area contributed by atoms with E-state index in [9.17, 15) is 9.18 Å². The van der Waals surface area contributed by atoms with Crippen molar-refractivity contribution in [2.75, 3.05) is 32.7 Å². The molecule has 0 radical (unpaired) electrons. The van der Waals surface area contributed by atoms with Crippen LogP contribution in [0.1, 0.15) is 48.9 Å². The molecule has 1 aliphatic heterocycles. The van der Waals surface area contributed by atoms with Crippen molar-refractivity contribution in [2.24, 2.45) is 5.92 Å². The number of hydrogen-bond donors (Lipinski definition) is 0. The number of carbonyl (C=O) groups is 1. The number of amides is 1. The average molecular weight is 318 g/mol. The Hall–Kier alpha value is -1.42. The highest BCUT2D eigenvalue weighted by Crippen LogP contribution is 2.25. The maximum Gasteiger partial charge on any atom is 0.256 e. The Kier molecular flexibility index (Phi) is 5.65. The largest absolute Gasteiger partial charge is 0.337 e. The van der Waals surface area contributed by atoms with Crippen molar-refractivity contribution in [3.05, 3.63) is 35.6 Å². The molecule has 1 heterocycles. The van der Waals surface area contributed by atoms with Crippen LogP contribution in [0.3, 0.4) is 0 Å². The van der Waals surface area contributed by atoms with Crippen LogP contribution in [0.25, 0.3) is 0 Å². The lowest BCUT2D eigenvalue weighted by atomic mass is 9.89. The molecule has 1 saturated heterocycles. The fourth-order valence-corrected chi connectivity index (χ4v) is 3.90. The van der Waals surface area contributed by atoms with E-state index in [4.69, 9.17) is 0 Å². The van der Waals surface area contributed by atoms with Gasteiger partial charge >= 0.3 is 0 Å². The third kappa shape index (κ3) is 4.31. The van der Waals surface area contributed by atoms with Crippen molar-refractivity contribution >= 4 is 5.91 Å². The summed E-state index contributed by atoms with van der Waals surface area (Å²) in [7, 11) is 0. The summed E-state index contributed by atoms with van der Waals surface area (Å²) in [6.45, 7) is 4.57. The lowest BCUT2D eigenvalue weighted by molar-refractivity contribution is 0.0755. The van der Waals surface area contributed by atoms with Gasteiger partial charge in [0.15, 0.2) is 0 Å². The molecule has 1 aromatic carbocycles. The fraction of sp³-hybridized carbons (Fsp3) is 0.632. The molecule has 2 aliphatic rings. The third-order valence-corrected chi connectivity index (χ3v) is 5.22. The van der Waals surface area contributed by atoms with Gasteiger partial charge in [-0.25, -0.2) is 4.39 Å². The Morgan fingerprint density at radius 3 is 2.57 bits per heavy atom. The van der Waals surface area contributed by atoms with E-state index in [1.54, 1.807) is 18.2 Å². The zero-order valence-corrected chi connectivity index (χ0v) is 13.8. The molecule has 0 N–H and O–H groups in total. The second-order valence-corrected chi connectivity index (χ2v) is 6.93. The molecule has 126 valence electrons. The topological polar surface area (TPSA) is 23.6 Å². The van der Waals surface area contributed by atoms with Gasteiger partial charge in [0.1, 0.15) is 5.82 Å². The highest BCUT2D eigenvalue weighted by atomic mass is 19.1. The molecule has 4 heteroatoms. The molecule has 23 heavy (non-hydrogen) atoms. The Morgan fingerprint density at radius 1 is 1.00 bits per heavy atom. The number of hydrogen-bond acceptors (Lipinski definition) is 2. The molecule has 0 spiro atoms. The first kappa shape index (κ1) is 16.4. The molecule has 0 unspecified atom stereocenters. The lowest BCUT2D eigenvalue weighted by Gasteiger charge is -2.28. The fourth-order valence-electron chi connectivity index (χ4n) is 3.90. The summed E-state index contributed by atoms with van der Waals surface area (Å²) < 4.78 is 13.8. The Balaban J connectivity index is 1.55. The van der Waals surface area contributed by atoms with Crippen LogP contribution in [0.5, 0.6) is 0 Å². The van der Waals surface area contributed by atoms with Gasteiger partial charge in [0, 0.05) is 26.2 Å². The zero-order valence-electron chi connectivity index (χ0n) is 13.8. The molecule has 0 aromatic heterocycles. The molecule has 1 saturated carbocycles. The van der Waals surface area contributed by atoms with Crippen LogP contribution in [-0.2, 0) is 0 Å². The van der Waals surface area contributed by atoms with E-state index in [2.05, 4.69) is 4.90 Å². The van der Waals surface area contributed by atoms with Gasteiger partial charge in [-0.2, -0.15) is 0 Å². The van der Waals surface area contributed by atoms with Crippen LogP contribution in [0.15, 0.2) is 24.3 Å². The van der Waals surface area contributed by atoms with E-state index in [1.165, 1.54) is 44.7 Å². The first-order chi connectivity index (χ1) is 11.2. The van der Waals surface area contributed by atoms with Crippen molar-refractivity contribution < 1.29 is 9.18 Å². The summed E-state index contributed by atoms with van der Waals surface area (Å²) >= 11 is 0. The summed E-state index contributed by atoms with van der Waals surface area (Å²) in [4.78, 5) is 16.9. The highest BCUT2D eigenvalue weighted by molar-refractivity contribution is 5.94. The van der Waals surface area contributed by atoms with E-state index >= 15 is 0 Å². The first-order valence-corrected chi connectivity index (χ1v) is 9.00. The molecule has 1 aromatic rings. The van der Waals surface area contributed by atoms with E-state index in [0.717, 1.165) is 32.0 Å². The maximum atomic E-state index is 13.8. The van der Waals surface area contributed by atoms with Gasteiger partial charge in [-0.15, -0.1) is 0 Å². The van der Waals surface area contributed by atoms with Gasteiger partial charge < -0.3 is 9.80 Å². The normalized spacial score (nSPS) is 21.2. The van der Waals surface area contributed by atoms with E-state index < -0.39 is 5.82 Å². The van der Waals surface area contributed by atoms with E-state index in [1.807, 2.05) is 4.90 Å². The van der Waals surface area contributed by atoms with Crippen LogP contribution in [0.4, 0.5) is 4.39 Å². The third-order valence-electron chi connectivity index (χ3n) is 5.22. The standard InChI is InChI=1S/C19H27FN2O/c20-18-10-5-4-9-17(18)19(23)22-12-6-11-21(13-14-22)15-16-7-2-1-3-8-16/h4-5,9-10,16H,1-3,6-8,11-15H2. The molecular weight excluding hydrogens is 291 g/mol. The van der Waals surface area contributed by atoms with Crippen LogP contribution in [-0.4, -0.2) is 48.4 Å². The summed E-state index contributed by atoms with van der Waals surface area (Å²) in [5, 5.41) is 0. The smallest absolute Gasteiger partial charge is 0.256 e. The molecule has 2 fully saturated rings. The van der Waals surface area contributed by atoms with Crippen molar-refractivity contribution in [1.82, 2.24) is 9.80 Å². The number of benzene rings is 1. The maximum absolute atomic E-state index is 13.8. The summed E-state index contributed by atoms with van der Waals surface area (Å²) in [6.07, 6.45) is 7.82. The minimum Gasteiger partial charge on any atom is -0.337 e. The SMILES string of the molecule is O=C(c1ccccc1F)N1CCCN(CC2CCCCC2)CC1. The van der Waals surface area contributed by atoms with Gasteiger partial charge in [0.25, 0.3) is 5.91 Å². The molecule has 0 atom stereocenters. The molecular formula is C19H27FN2O. The first-order valence-electron chi connectivity index (χ1n) is 9.00. The van der Waals surface area contributed by atoms with E-state index in [0.29, 0.717) is 6.54 Å². The summed E-state index contributed by atoms with van der Waals surface area (Å²) in [6, 6.07) is 6.30. The number of nitrogens with zero attached hydrogens (tertiary/aromatic N) is 2. The Morgan fingerprint density at radius 2 is 1.78 bits per heavy atom. The van der Waals surface area contributed by atoms with Crippen molar-refractivity contribution in [3.63, 3.8) is 0 Å². The zero-order chi connectivity index (χ0) is 16.1. The average Bonchev–Trinajstić information content (AvgIpc) is 2.81. The van der Waals surface area contributed by atoms with Gasteiger partial charge in [0.05, 0.1) is 5.56 Å². The van der Waals surface area contributed by atoms with Gasteiger partial charge in [-0.1, -0.05) is 31.4 Å². The highest BCUT2D eigenvalue weighted by Gasteiger charge is 2.24. The second-order valence-electron chi connectivity index (χ2n) is 6.93. The van der Waals surface area contributed by atoms with Crippen LogP contribution >= 0.6 is 0 Å². The van der Waals surface area contributed by atoms with Gasteiger partial charge in [-0.05, 0) is 43.9 Å². The second kappa shape index (κ2) is 7.91. The lowest BCUT2D eigenvalue weighted by Crippen LogP contribution is -2.37. The Bertz CT molecular complexity index is 528. The van der Waals surface area contributed by atoms with Crippen molar-refractivity contribution in [2.45, 2.75) is 38.5 Å². The monoisotopic (exact) mass is 318 g/mol. The minimum atomic E-state index is -0.416. The van der Waals surface area contributed by atoms with Gasteiger partial charge in [-0.3, -0.25) is 4.79 Å². The quantitative estimate of drug-likeness (QED) is 0.851. The molecule has 1 amide bonds. The summed E-state index contributed by atoms with van der Waals surface area (Å²) in [5.74, 6) is 0.251. The summed E-state index contributed by atoms with van der Waals surface area (Å²) in [5.41, 5.74) is 0.202.